The minimum absolute atomic E-state index is 0.200. The van der Waals surface area contributed by atoms with Crippen LogP contribution in [0.5, 0.6) is 0 Å². The van der Waals surface area contributed by atoms with Crippen molar-refractivity contribution in [2.45, 2.75) is 71.1 Å². The van der Waals surface area contributed by atoms with Gasteiger partial charge in [0.05, 0.1) is 2.74 Å². The molecule has 124 valence electrons. The quantitative estimate of drug-likeness (QED) is 0.305. The number of rotatable bonds is 14. The van der Waals surface area contributed by atoms with Crippen LogP contribution in [0.4, 0.5) is 0 Å². The Bertz CT molecular complexity index is 449. The fourth-order valence-electron chi connectivity index (χ4n) is 1.80. The normalized spacial score (nSPS) is 14.6. The topological polar surface area (TPSA) is 37.3 Å². The van der Waals surface area contributed by atoms with Crippen molar-refractivity contribution < 1.29 is 12.6 Å². The average molecular weight is 307 g/mol. The molecule has 0 aromatic rings. The van der Waals surface area contributed by atoms with Gasteiger partial charge in [-0.15, -0.1) is 0 Å². The molecule has 0 aliphatic carbocycles. The van der Waals surface area contributed by atoms with Gasteiger partial charge in [0, 0.05) is 6.42 Å². The minimum Gasteiger partial charge on any atom is -0.481 e. The fraction of sp³-hybridized carbons (Fsp3) is 0.550. The Morgan fingerprint density at radius 3 is 2.45 bits per heavy atom. The van der Waals surface area contributed by atoms with E-state index >= 15 is 0 Å². The van der Waals surface area contributed by atoms with Crippen molar-refractivity contribution in [2.24, 2.45) is 0 Å². The summed E-state index contributed by atoms with van der Waals surface area (Å²) in [4.78, 5) is 10.3. The highest BCUT2D eigenvalue weighted by Crippen LogP contribution is 2.01. The Balaban J connectivity index is 3.78. The Morgan fingerprint density at radius 2 is 1.73 bits per heavy atom. The first-order valence-corrected chi connectivity index (χ1v) is 8.39. The third-order valence-electron chi connectivity index (χ3n) is 3.05. The lowest BCUT2D eigenvalue weighted by Gasteiger charge is -1.90. The van der Waals surface area contributed by atoms with E-state index in [1.54, 1.807) is 0 Å². The summed E-state index contributed by atoms with van der Waals surface area (Å²) >= 11 is 0. The summed E-state index contributed by atoms with van der Waals surface area (Å²) in [6, 6.07) is 1.29. The number of carboxylic acids is 1. The maximum Gasteiger partial charge on any atom is 0.303 e. The van der Waals surface area contributed by atoms with Gasteiger partial charge in [0.15, 0.2) is 0 Å². The zero-order valence-electron chi connectivity index (χ0n) is 15.9. The van der Waals surface area contributed by atoms with E-state index in [0.717, 1.165) is 38.2 Å². The fourth-order valence-corrected chi connectivity index (χ4v) is 1.80. The Morgan fingerprint density at radius 1 is 1.00 bits per heavy atom. The molecule has 0 rings (SSSR count). The van der Waals surface area contributed by atoms with Crippen LogP contribution in [0.15, 0.2) is 48.6 Å². The molecule has 0 unspecified atom stereocenters. The smallest absolute Gasteiger partial charge is 0.303 e. The van der Waals surface area contributed by atoms with Crippen LogP contribution < -0.4 is 0 Å². The molecular weight excluding hydrogens is 272 g/mol. The second-order valence-electron chi connectivity index (χ2n) is 5.18. The lowest BCUT2D eigenvalue weighted by molar-refractivity contribution is -0.137. The Labute approximate surface area is 139 Å². The van der Waals surface area contributed by atoms with E-state index in [9.17, 15) is 4.79 Å². The molecule has 0 atom stereocenters. The standard InChI is InChI=1S/C20H32O2/c1-2-3-4-5-6-7-8-9-10-11-12-13-14-15-16-17-18-19-20(21)22/h6-7,9-10,12-13,15-16H,2-5,8,11,14,17-19H2,1H3,(H,21,22)/b7-6-,10-9-,13-12-,16-15-/i6D,13T. The number of aliphatic carboxylic acids is 1. The molecule has 0 saturated carbocycles. The molecule has 0 fully saturated rings. The SMILES string of the molecule is [2H]/C(=C/C/C=C\C/C=C(/[3H])C/C=C\CCCC(=O)O)CCCCC. The van der Waals surface area contributed by atoms with Gasteiger partial charge in [0.25, 0.3) is 0 Å². The van der Waals surface area contributed by atoms with Crippen molar-refractivity contribution >= 4 is 5.97 Å². The summed E-state index contributed by atoms with van der Waals surface area (Å²) in [6.45, 7) is 2.17. The summed E-state index contributed by atoms with van der Waals surface area (Å²) in [5, 5.41) is 8.51. The second-order valence-corrected chi connectivity index (χ2v) is 5.18. The van der Waals surface area contributed by atoms with Crippen LogP contribution >= 0.6 is 0 Å². The van der Waals surface area contributed by atoms with Gasteiger partial charge in [-0.1, -0.05) is 68.3 Å². The highest BCUT2D eigenvalue weighted by Gasteiger charge is 1.92. The van der Waals surface area contributed by atoms with Crippen molar-refractivity contribution in [3.63, 3.8) is 0 Å². The maximum absolute atomic E-state index is 10.3. The summed E-state index contributed by atoms with van der Waals surface area (Å²) < 4.78 is 15.6. The molecule has 0 aliphatic rings. The van der Waals surface area contributed by atoms with Gasteiger partial charge >= 0.3 is 5.97 Å². The molecule has 0 bridgehead atoms. The van der Waals surface area contributed by atoms with Gasteiger partial charge in [-0.05, 0) is 44.9 Å². The molecule has 0 heterocycles. The number of hydrogen-bond acceptors (Lipinski definition) is 1. The van der Waals surface area contributed by atoms with E-state index in [2.05, 4.69) is 6.92 Å². The second kappa shape index (κ2) is 17.5. The van der Waals surface area contributed by atoms with Crippen LogP contribution in [0.25, 0.3) is 0 Å². The van der Waals surface area contributed by atoms with E-state index in [0.29, 0.717) is 18.9 Å². The lowest BCUT2D eigenvalue weighted by Crippen LogP contribution is -1.92. The lowest BCUT2D eigenvalue weighted by atomic mass is 10.2. The molecule has 0 aromatic carbocycles. The molecule has 0 spiro atoms. The molecular formula is C20H32O2. The van der Waals surface area contributed by atoms with Gasteiger partial charge in [0.2, 0.25) is 0 Å². The first kappa shape index (κ1) is 16.8. The number of unbranched alkanes of at least 4 members (excludes halogenated alkanes) is 3. The molecule has 22 heavy (non-hydrogen) atoms. The Kier molecular flexibility index (Phi) is 13.3. The number of carboxylic acid groups (broad SMARTS) is 1. The predicted octanol–water partition coefficient (Wildman–Crippen LogP) is 6.22. The van der Waals surface area contributed by atoms with Crippen molar-refractivity contribution in [1.82, 2.24) is 0 Å². The molecule has 1 N–H and O–H groups in total. The molecule has 0 aliphatic heterocycles. The zero-order valence-corrected chi connectivity index (χ0v) is 13.9. The average Bonchev–Trinajstić information content (AvgIpc) is 2.54. The van der Waals surface area contributed by atoms with E-state index in [1.807, 2.05) is 36.5 Å². The van der Waals surface area contributed by atoms with Crippen molar-refractivity contribution in [1.29, 1.82) is 0 Å². The van der Waals surface area contributed by atoms with Crippen LogP contribution in [-0.2, 0) is 4.79 Å². The highest BCUT2D eigenvalue weighted by molar-refractivity contribution is 5.66. The van der Waals surface area contributed by atoms with Gasteiger partial charge in [0.1, 0.15) is 0 Å². The summed E-state index contributed by atoms with van der Waals surface area (Å²) in [6.07, 6.45) is 19.8. The van der Waals surface area contributed by atoms with Crippen molar-refractivity contribution in [3.05, 3.63) is 48.6 Å². The molecule has 2 heteroatoms. The first-order chi connectivity index (χ1) is 11.6. The summed E-state index contributed by atoms with van der Waals surface area (Å²) in [5.74, 6) is -0.760. The van der Waals surface area contributed by atoms with Gasteiger partial charge < -0.3 is 5.11 Å². The molecule has 0 amide bonds. The van der Waals surface area contributed by atoms with Gasteiger partial charge in [-0.25, -0.2) is 0 Å². The van der Waals surface area contributed by atoms with Crippen LogP contribution in [0, 0.1) is 0 Å². The summed E-state index contributed by atoms with van der Waals surface area (Å²) in [5.41, 5.74) is 0. The minimum atomic E-state index is -0.760. The van der Waals surface area contributed by atoms with Crippen LogP contribution in [0.3, 0.4) is 0 Å². The third-order valence-corrected chi connectivity index (χ3v) is 3.05. The molecule has 0 aromatic heterocycles. The van der Waals surface area contributed by atoms with E-state index in [1.165, 1.54) is 12.8 Å². The number of carbonyl (C=O) groups is 1. The van der Waals surface area contributed by atoms with E-state index in [4.69, 9.17) is 7.85 Å². The van der Waals surface area contributed by atoms with Gasteiger partial charge in [-0.3, -0.25) is 4.79 Å². The zero-order chi connectivity index (χ0) is 18.0. The highest BCUT2D eigenvalue weighted by atomic mass is 16.4. The largest absolute Gasteiger partial charge is 0.481 e. The maximum atomic E-state index is 10.3. The van der Waals surface area contributed by atoms with Crippen molar-refractivity contribution in [2.75, 3.05) is 0 Å². The van der Waals surface area contributed by atoms with E-state index in [-0.39, 0.29) is 6.42 Å². The van der Waals surface area contributed by atoms with Crippen LogP contribution in [-0.4, -0.2) is 11.1 Å². The number of hydrogen-bond donors (Lipinski definition) is 1. The Hall–Kier alpha value is -1.57. The van der Waals surface area contributed by atoms with Crippen molar-refractivity contribution in [3.8, 4) is 0 Å². The number of allylic oxidation sites excluding steroid dienone is 8. The third kappa shape index (κ3) is 18.4. The monoisotopic (exact) mass is 307 g/mol. The predicted molar refractivity (Wildman–Crippen MR) is 96.0 cm³/mol. The van der Waals surface area contributed by atoms with E-state index < -0.39 is 5.97 Å². The summed E-state index contributed by atoms with van der Waals surface area (Å²) in [7, 11) is 0. The molecule has 0 saturated heterocycles. The first-order valence-electron chi connectivity index (χ1n) is 9.39. The van der Waals surface area contributed by atoms with Crippen LogP contribution in [0.1, 0.15) is 73.9 Å². The van der Waals surface area contributed by atoms with Gasteiger partial charge in [-0.2, -0.15) is 0 Å². The van der Waals surface area contributed by atoms with Crippen LogP contribution in [0.2, 0.25) is 0 Å². The molecule has 2 nitrogen and oxygen atoms in total. The molecule has 0 radical (unpaired) electrons.